The van der Waals surface area contributed by atoms with Crippen LogP contribution in [0.4, 0.5) is 5.69 Å². The predicted octanol–water partition coefficient (Wildman–Crippen LogP) is 2.06. The molecule has 0 atom stereocenters. The summed E-state index contributed by atoms with van der Waals surface area (Å²) in [5, 5.41) is 14.7. The van der Waals surface area contributed by atoms with Gasteiger partial charge >= 0.3 is 0 Å². The van der Waals surface area contributed by atoms with E-state index in [0.29, 0.717) is 5.56 Å². The molecular weight excluding hydrogens is 264 g/mol. The number of anilines is 1. The molecule has 0 saturated heterocycles. The zero-order valence-corrected chi connectivity index (χ0v) is 11.9. The molecule has 0 unspecified atom stereocenters. The second-order valence-electron chi connectivity index (χ2n) is 4.72. The highest BCUT2D eigenvalue weighted by molar-refractivity contribution is 5.95. The number of aliphatic hydroxyl groups excluding tert-OH is 1. The molecular formula is C17H20N2O2. The van der Waals surface area contributed by atoms with Gasteiger partial charge in [-0.15, -0.1) is 0 Å². The summed E-state index contributed by atoms with van der Waals surface area (Å²) in [5.74, 6) is -0.171. The lowest BCUT2D eigenvalue weighted by Crippen LogP contribution is -2.26. The molecule has 0 spiro atoms. The predicted molar refractivity (Wildman–Crippen MR) is 84.5 cm³/mol. The smallest absolute Gasteiger partial charge is 0.251 e. The molecule has 4 nitrogen and oxygen atoms in total. The summed E-state index contributed by atoms with van der Waals surface area (Å²) in [7, 11) is 0. The van der Waals surface area contributed by atoms with Gasteiger partial charge in [0.15, 0.2) is 0 Å². The topological polar surface area (TPSA) is 61.4 Å². The highest BCUT2D eigenvalue weighted by Crippen LogP contribution is 2.11. The monoisotopic (exact) mass is 284 g/mol. The van der Waals surface area contributed by atoms with E-state index in [0.717, 1.165) is 18.7 Å². The van der Waals surface area contributed by atoms with Crippen molar-refractivity contribution in [2.24, 2.45) is 0 Å². The molecule has 0 heterocycles. The number of aliphatic hydroxyl groups is 1. The van der Waals surface area contributed by atoms with E-state index in [4.69, 9.17) is 5.11 Å². The Bertz CT molecular complexity index is 570. The van der Waals surface area contributed by atoms with Crippen LogP contribution in [0.2, 0.25) is 0 Å². The van der Waals surface area contributed by atoms with Crippen LogP contribution in [-0.4, -0.2) is 30.7 Å². The average Bonchev–Trinajstić information content (AvgIpc) is 2.54. The molecule has 0 aliphatic carbocycles. The summed E-state index contributed by atoms with van der Waals surface area (Å²) in [6, 6.07) is 17.6. The minimum atomic E-state index is -0.171. The zero-order chi connectivity index (χ0) is 14.9. The quantitative estimate of drug-likeness (QED) is 0.729. The molecule has 3 N–H and O–H groups in total. The van der Waals surface area contributed by atoms with Crippen LogP contribution in [0.25, 0.3) is 0 Å². The maximum absolute atomic E-state index is 11.8. The molecule has 4 heteroatoms. The van der Waals surface area contributed by atoms with E-state index in [1.54, 1.807) is 6.07 Å². The second-order valence-corrected chi connectivity index (χ2v) is 4.72. The molecule has 2 rings (SSSR count). The summed E-state index contributed by atoms with van der Waals surface area (Å²) >= 11 is 0. The third kappa shape index (κ3) is 4.93. The van der Waals surface area contributed by atoms with Gasteiger partial charge in [0.05, 0.1) is 6.61 Å². The van der Waals surface area contributed by atoms with Crippen LogP contribution in [-0.2, 0) is 6.42 Å². The first kappa shape index (κ1) is 15.1. The fraction of sp³-hybridized carbons (Fsp3) is 0.235. The molecule has 0 radical (unpaired) electrons. The molecule has 2 aromatic rings. The van der Waals surface area contributed by atoms with Crippen molar-refractivity contribution in [3.63, 3.8) is 0 Å². The van der Waals surface area contributed by atoms with E-state index < -0.39 is 0 Å². The molecule has 0 aliphatic heterocycles. The number of amides is 1. The minimum Gasteiger partial charge on any atom is -0.395 e. The Labute approximate surface area is 124 Å². The van der Waals surface area contributed by atoms with Crippen LogP contribution in [0, 0.1) is 0 Å². The van der Waals surface area contributed by atoms with Gasteiger partial charge in [-0.1, -0.05) is 36.4 Å². The molecule has 21 heavy (non-hydrogen) atoms. The van der Waals surface area contributed by atoms with Crippen molar-refractivity contribution in [1.29, 1.82) is 0 Å². The molecule has 110 valence electrons. The fourth-order valence-electron chi connectivity index (χ4n) is 2.04. The number of hydrogen-bond donors (Lipinski definition) is 3. The van der Waals surface area contributed by atoms with E-state index >= 15 is 0 Å². The number of rotatable bonds is 7. The Kier molecular flexibility index (Phi) is 5.79. The lowest BCUT2D eigenvalue weighted by Gasteiger charge is -2.09. The Hall–Kier alpha value is -2.33. The van der Waals surface area contributed by atoms with Crippen LogP contribution in [0.15, 0.2) is 54.6 Å². The number of nitrogens with one attached hydrogen (secondary N) is 2. The van der Waals surface area contributed by atoms with Gasteiger partial charge in [-0.2, -0.15) is 0 Å². The van der Waals surface area contributed by atoms with Crippen molar-refractivity contribution < 1.29 is 9.90 Å². The van der Waals surface area contributed by atoms with E-state index in [9.17, 15) is 4.79 Å². The third-order valence-electron chi connectivity index (χ3n) is 3.11. The highest BCUT2D eigenvalue weighted by Gasteiger charge is 2.05. The first-order chi connectivity index (χ1) is 10.3. The first-order valence-electron chi connectivity index (χ1n) is 7.06. The third-order valence-corrected chi connectivity index (χ3v) is 3.11. The van der Waals surface area contributed by atoms with Crippen LogP contribution >= 0.6 is 0 Å². The second kappa shape index (κ2) is 8.07. The average molecular weight is 284 g/mol. The molecule has 0 bridgehead atoms. The van der Waals surface area contributed by atoms with Gasteiger partial charge in [-0.3, -0.25) is 4.79 Å². The van der Waals surface area contributed by atoms with Gasteiger partial charge in [-0.05, 0) is 30.2 Å². The molecule has 1 amide bonds. The van der Waals surface area contributed by atoms with E-state index in [2.05, 4.69) is 22.8 Å². The normalized spacial score (nSPS) is 10.1. The lowest BCUT2D eigenvalue weighted by molar-refractivity contribution is 0.0945. The standard InChI is InChI=1S/C17H20N2O2/c20-12-11-19-17(21)15-7-4-8-16(13-15)18-10-9-14-5-2-1-3-6-14/h1-8,13,18,20H,9-12H2,(H,19,21). The van der Waals surface area contributed by atoms with Gasteiger partial charge in [0.2, 0.25) is 0 Å². The number of carbonyl (C=O) groups is 1. The van der Waals surface area contributed by atoms with Crippen LogP contribution < -0.4 is 10.6 Å². The molecule has 2 aromatic carbocycles. The van der Waals surface area contributed by atoms with Crippen molar-refractivity contribution in [3.8, 4) is 0 Å². The van der Waals surface area contributed by atoms with Crippen LogP contribution in [0.3, 0.4) is 0 Å². The molecule has 0 saturated carbocycles. The van der Waals surface area contributed by atoms with Crippen molar-refractivity contribution in [3.05, 3.63) is 65.7 Å². The maximum atomic E-state index is 11.8. The van der Waals surface area contributed by atoms with Gasteiger partial charge < -0.3 is 15.7 Å². The summed E-state index contributed by atoms with van der Waals surface area (Å²) < 4.78 is 0. The van der Waals surface area contributed by atoms with Gasteiger partial charge in [-0.25, -0.2) is 0 Å². The number of benzene rings is 2. The van der Waals surface area contributed by atoms with Gasteiger partial charge in [0.25, 0.3) is 5.91 Å². The van der Waals surface area contributed by atoms with Crippen LogP contribution in [0.5, 0.6) is 0 Å². The van der Waals surface area contributed by atoms with Gasteiger partial charge in [0, 0.05) is 24.3 Å². The number of carbonyl (C=O) groups excluding carboxylic acids is 1. The van der Waals surface area contributed by atoms with E-state index in [1.165, 1.54) is 5.56 Å². The Morgan fingerprint density at radius 1 is 1.00 bits per heavy atom. The van der Waals surface area contributed by atoms with Crippen LogP contribution in [0.1, 0.15) is 15.9 Å². The number of hydrogen-bond acceptors (Lipinski definition) is 3. The van der Waals surface area contributed by atoms with Crippen molar-refractivity contribution >= 4 is 11.6 Å². The minimum absolute atomic E-state index is 0.0548. The fourth-order valence-corrected chi connectivity index (χ4v) is 2.04. The van der Waals surface area contributed by atoms with Crippen molar-refractivity contribution in [2.45, 2.75) is 6.42 Å². The summed E-state index contributed by atoms with van der Waals surface area (Å²) in [6.45, 7) is 1.02. The van der Waals surface area contributed by atoms with Crippen molar-refractivity contribution in [1.82, 2.24) is 5.32 Å². The summed E-state index contributed by atoms with van der Waals surface area (Å²) in [6.07, 6.45) is 0.932. The molecule has 0 aromatic heterocycles. The first-order valence-corrected chi connectivity index (χ1v) is 7.06. The molecule has 0 fully saturated rings. The zero-order valence-electron chi connectivity index (χ0n) is 11.9. The van der Waals surface area contributed by atoms with E-state index in [1.807, 2.05) is 36.4 Å². The van der Waals surface area contributed by atoms with Crippen molar-refractivity contribution in [2.75, 3.05) is 25.0 Å². The summed E-state index contributed by atoms with van der Waals surface area (Å²) in [4.78, 5) is 11.8. The largest absolute Gasteiger partial charge is 0.395 e. The SMILES string of the molecule is O=C(NCCO)c1cccc(NCCc2ccccc2)c1. The maximum Gasteiger partial charge on any atom is 0.251 e. The highest BCUT2D eigenvalue weighted by atomic mass is 16.3. The molecule has 0 aliphatic rings. The Morgan fingerprint density at radius 3 is 2.57 bits per heavy atom. The Balaban J connectivity index is 1.87. The summed E-state index contributed by atoms with van der Waals surface area (Å²) in [5.41, 5.74) is 2.79. The lowest BCUT2D eigenvalue weighted by atomic mass is 10.1. The van der Waals surface area contributed by atoms with Gasteiger partial charge in [0.1, 0.15) is 0 Å². The Morgan fingerprint density at radius 2 is 1.81 bits per heavy atom. The van der Waals surface area contributed by atoms with E-state index in [-0.39, 0.29) is 19.1 Å².